The third-order valence-corrected chi connectivity index (χ3v) is 2.09. The topological polar surface area (TPSA) is 21.7 Å². The molecule has 0 bridgehead atoms. The molecule has 2 rings (SSSR count). The number of ether oxygens (including phenoxy) is 2. The lowest BCUT2D eigenvalue weighted by Gasteiger charge is -2.30. The molecule has 0 atom stereocenters. The average molecular weight is 183 g/mol. The van der Waals surface area contributed by atoms with E-state index in [0.29, 0.717) is 13.1 Å². The molecule has 12 heavy (non-hydrogen) atoms. The van der Waals surface area contributed by atoms with Gasteiger partial charge in [0.15, 0.2) is 0 Å². The molecule has 0 aromatic heterocycles. The zero-order valence-electron chi connectivity index (χ0n) is 6.23. The molecule has 2 saturated heterocycles. The fourth-order valence-electron chi connectivity index (χ4n) is 1.56. The number of halogens is 3. The van der Waals surface area contributed by atoms with E-state index in [1.807, 2.05) is 0 Å². The molecule has 0 saturated carbocycles. The van der Waals surface area contributed by atoms with Gasteiger partial charge in [0.25, 0.3) is 0 Å². The maximum absolute atomic E-state index is 12.4. The van der Waals surface area contributed by atoms with Crippen LogP contribution in [0.25, 0.3) is 0 Å². The molecule has 0 aliphatic carbocycles. The monoisotopic (exact) mass is 183 g/mol. The fraction of sp³-hybridized carbons (Fsp3) is 1.00. The number of alkyl halides is 3. The second-order valence-corrected chi connectivity index (χ2v) is 2.76. The third kappa shape index (κ3) is 0.884. The molecule has 0 aromatic rings. The predicted molar refractivity (Wildman–Crippen MR) is 32.3 cm³/mol. The van der Waals surface area contributed by atoms with Crippen molar-refractivity contribution in [2.75, 3.05) is 26.3 Å². The van der Waals surface area contributed by atoms with Crippen LogP contribution in [0.1, 0.15) is 0 Å². The van der Waals surface area contributed by atoms with Crippen LogP contribution in [0.4, 0.5) is 13.2 Å². The molecule has 2 aliphatic rings. The molecule has 0 spiro atoms. The first-order valence-electron chi connectivity index (χ1n) is 3.66. The summed E-state index contributed by atoms with van der Waals surface area (Å²) in [5.74, 6) is -2.42. The molecule has 0 amide bonds. The molecule has 0 N–H and O–H groups in total. The van der Waals surface area contributed by atoms with Gasteiger partial charge in [0.2, 0.25) is 0 Å². The predicted octanol–water partition coefficient (Wildman–Crippen LogP) is 0.565. The largest absolute Gasteiger partial charge is 0.459 e. The number of hydrogen-bond acceptors (Lipinski definition) is 3. The standard InChI is InChI=1S/C6H8F3NO2/c7-5(8,9)6-10(1-3-11-6)2-4-12-6/h1-4H2. The zero-order valence-corrected chi connectivity index (χ0v) is 6.23. The van der Waals surface area contributed by atoms with Crippen LogP contribution in [0, 0.1) is 0 Å². The minimum atomic E-state index is -4.46. The fourth-order valence-corrected chi connectivity index (χ4v) is 1.56. The second kappa shape index (κ2) is 2.34. The molecule has 6 heteroatoms. The van der Waals surface area contributed by atoms with Gasteiger partial charge < -0.3 is 9.47 Å². The summed E-state index contributed by atoms with van der Waals surface area (Å²) < 4.78 is 46.5. The maximum atomic E-state index is 12.4. The van der Waals surface area contributed by atoms with Crippen molar-refractivity contribution in [3.8, 4) is 0 Å². The molecule has 0 aromatic carbocycles. The lowest BCUT2D eigenvalue weighted by Crippen LogP contribution is -2.53. The zero-order chi connectivity index (χ0) is 8.82. The van der Waals surface area contributed by atoms with Crippen LogP contribution < -0.4 is 0 Å². The molecule has 0 unspecified atom stereocenters. The lowest BCUT2D eigenvalue weighted by atomic mass is 10.4. The molecule has 2 fully saturated rings. The number of hydrogen-bond donors (Lipinski definition) is 0. The van der Waals surface area contributed by atoms with E-state index in [4.69, 9.17) is 0 Å². The van der Waals surface area contributed by atoms with Crippen molar-refractivity contribution in [2.24, 2.45) is 0 Å². The van der Waals surface area contributed by atoms with Gasteiger partial charge in [0.1, 0.15) is 0 Å². The Bertz CT molecular complexity index is 184. The van der Waals surface area contributed by atoms with Gasteiger partial charge in [-0.3, -0.25) is 0 Å². The Kier molecular flexibility index (Phi) is 1.61. The van der Waals surface area contributed by atoms with Gasteiger partial charge in [-0.15, -0.1) is 0 Å². The highest BCUT2D eigenvalue weighted by Gasteiger charge is 2.66. The van der Waals surface area contributed by atoms with E-state index in [1.54, 1.807) is 0 Å². The van der Waals surface area contributed by atoms with E-state index in [0.717, 1.165) is 0 Å². The lowest BCUT2D eigenvalue weighted by molar-refractivity contribution is -0.385. The maximum Gasteiger partial charge on any atom is 0.459 e. The Morgan fingerprint density at radius 2 is 1.58 bits per heavy atom. The van der Waals surface area contributed by atoms with Crippen LogP contribution >= 0.6 is 0 Å². The van der Waals surface area contributed by atoms with Gasteiger partial charge in [-0.25, -0.2) is 4.90 Å². The van der Waals surface area contributed by atoms with Crippen molar-refractivity contribution >= 4 is 0 Å². The Balaban J connectivity index is 2.28. The van der Waals surface area contributed by atoms with Crippen molar-refractivity contribution in [1.29, 1.82) is 0 Å². The van der Waals surface area contributed by atoms with E-state index in [-0.39, 0.29) is 13.2 Å². The Hall–Kier alpha value is -0.330. The molecular weight excluding hydrogens is 175 g/mol. The van der Waals surface area contributed by atoms with E-state index >= 15 is 0 Å². The van der Waals surface area contributed by atoms with Crippen molar-refractivity contribution in [2.45, 2.75) is 12.1 Å². The number of fused-ring (bicyclic) bond motifs is 1. The van der Waals surface area contributed by atoms with Crippen molar-refractivity contribution in [3.63, 3.8) is 0 Å². The molecule has 3 nitrogen and oxygen atoms in total. The Labute approximate surface area is 67.0 Å². The normalized spacial score (nSPS) is 29.2. The highest BCUT2D eigenvalue weighted by atomic mass is 19.4. The van der Waals surface area contributed by atoms with Crippen molar-refractivity contribution in [3.05, 3.63) is 0 Å². The van der Waals surface area contributed by atoms with Gasteiger partial charge in [-0.2, -0.15) is 13.2 Å². The average Bonchev–Trinajstić information content (AvgIpc) is 2.37. The minimum absolute atomic E-state index is 0.0828. The molecule has 2 heterocycles. The quantitative estimate of drug-likeness (QED) is 0.547. The number of rotatable bonds is 0. The summed E-state index contributed by atoms with van der Waals surface area (Å²) in [5.41, 5.74) is 0. The first kappa shape index (κ1) is 8.28. The van der Waals surface area contributed by atoms with E-state index in [9.17, 15) is 13.2 Å². The molecular formula is C6H8F3NO2. The van der Waals surface area contributed by atoms with Gasteiger partial charge in [-0.05, 0) is 0 Å². The summed E-state index contributed by atoms with van der Waals surface area (Å²) in [5, 5.41) is 0. The summed E-state index contributed by atoms with van der Waals surface area (Å²) in [6.07, 6.45) is -4.46. The van der Waals surface area contributed by atoms with Crippen molar-refractivity contribution < 1.29 is 22.6 Å². The highest BCUT2D eigenvalue weighted by Crippen LogP contribution is 2.42. The first-order chi connectivity index (χ1) is 5.56. The molecule has 70 valence electrons. The van der Waals surface area contributed by atoms with E-state index in [2.05, 4.69) is 9.47 Å². The summed E-state index contributed by atoms with van der Waals surface area (Å²) in [4.78, 5) is 1.17. The van der Waals surface area contributed by atoms with Gasteiger partial charge >= 0.3 is 12.1 Å². The van der Waals surface area contributed by atoms with Crippen LogP contribution in [0.2, 0.25) is 0 Å². The summed E-state index contributed by atoms with van der Waals surface area (Å²) in [7, 11) is 0. The Morgan fingerprint density at radius 3 is 1.92 bits per heavy atom. The van der Waals surface area contributed by atoms with Crippen LogP contribution in [-0.4, -0.2) is 43.3 Å². The van der Waals surface area contributed by atoms with Crippen LogP contribution in [-0.2, 0) is 9.47 Å². The van der Waals surface area contributed by atoms with E-state index in [1.165, 1.54) is 4.90 Å². The summed E-state index contributed by atoms with van der Waals surface area (Å²) in [6.45, 7) is 0.748. The highest BCUT2D eigenvalue weighted by molar-refractivity contribution is 4.88. The second-order valence-electron chi connectivity index (χ2n) is 2.76. The van der Waals surface area contributed by atoms with Crippen LogP contribution in [0.3, 0.4) is 0 Å². The molecule has 0 radical (unpaired) electrons. The number of nitrogens with zero attached hydrogens (tertiary/aromatic N) is 1. The van der Waals surface area contributed by atoms with Gasteiger partial charge in [0.05, 0.1) is 13.2 Å². The summed E-state index contributed by atoms with van der Waals surface area (Å²) in [6, 6.07) is 0. The van der Waals surface area contributed by atoms with Gasteiger partial charge in [-0.1, -0.05) is 0 Å². The summed E-state index contributed by atoms with van der Waals surface area (Å²) >= 11 is 0. The smallest absolute Gasteiger partial charge is 0.329 e. The van der Waals surface area contributed by atoms with Crippen LogP contribution in [0.15, 0.2) is 0 Å². The first-order valence-corrected chi connectivity index (χ1v) is 3.66. The van der Waals surface area contributed by atoms with Crippen LogP contribution in [0.5, 0.6) is 0 Å². The Morgan fingerprint density at radius 1 is 1.08 bits per heavy atom. The van der Waals surface area contributed by atoms with Crippen molar-refractivity contribution in [1.82, 2.24) is 4.90 Å². The third-order valence-electron chi connectivity index (χ3n) is 2.09. The SMILES string of the molecule is FC(F)(F)C12OCCN1CCO2. The molecule has 2 aliphatic heterocycles. The minimum Gasteiger partial charge on any atom is -0.329 e. The van der Waals surface area contributed by atoms with E-state index < -0.39 is 12.1 Å². The van der Waals surface area contributed by atoms with Gasteiger partial charge in [0, 0.05) is 13.1 Å².